The van der Waals surface area contributed by atoms with Crippen molar-refractivity contribution in [3.8, 4) is 5.75 Å². The van der Waals surface area contributed by atoms with Crippen molar-refractivity contribution in [1.82, 2.24) is 0 Å². The first-order valence-electron chi connectivity index (χ1n) is 21.0. The Morgan fingerprint density at radius 2 is 1.58 bits per heavy atom. The Balaban J connectivity index is 1.75. The Kier molecular flexibility index (Phi) is 23.2. The third-order valence-electron chi connectivity index (χ3n) is 12.2. The van der Waals surface area contributed by atoms with Gasteiger partial charge in [0, 0.05) is 32.8 Å². The molecule has 5 unspecified atom stereocenters. The second-order valence-corrected chi connectivity index (χ2v) is 15.4. The SMILES string of the molecule is CCC(C)C(CC)C(CC)C(CC)C(CC)CCCCOC(=O)CCC/C=C\C[C@@H]1[C@@H](CC[C@H](COc2ccccc2)OC)[C@H](OC(C)=O)C[C@@H]1O. The number of aliphatic hydroxyl groups is 1. The van der Waals surface area contributed by atoms with Crippen LogP contribution in [0, 0.1) is 41.4 Å². The van der Waals surface area contributed by atoms with E-state index in [1.807, 2.05) is 30.3 Å². The van der Waals surface area contributed by atoms with Crippen LogP contribution in [-0.2, 0) is 23.8 Å². The molecule has 298 valence electrons. The zero-order valence-corrected chi connectivity index (χ0v) is 34.2. The number of hydrogen-bond acceptors (Lipinski definition) is 7. The van der Waals surface area contributed by atoms with Gasteiger partial charge in [0.2, 0.25) is 0 Å². The molecule has 0 aliphatic heterocycles. The minimum atomic E-state index is -0.540. The largest absolute Gasteiger partial charge is 0.491 e. The molecule has 1 aliphatic carbocycles. The van der Waals surface area contributed by atoms with Crippen molar-refractivity contribution < 1.29 is 33.6 Å². The number of aliphatic hydroxyl groups excluding tert-OH is 1. The molecule has 1 aromatic rings. The minimum absolute atomic E-state index is 0.0149. The molecule has 2 rings (SSSR count). The molecule has 0 saturated heterocycles. The predicted octanol–water partition coefficient (Wildman–Crippen LogP) is 10.8. The van der Waals surface area contributed by atoms with Gasteiger partial charge in [-0.25, -0.2) is 0 Å². The number of unbranched alkanes of at least 4 members (excludes halogenated alkanes) is 2. The number of ether oxygens (including phenoxy) is 4. The van der Waals surface area contributed by atoms with Crippen LogP contribution in [0.15, 0.2) is 42.5 Å². The van der Waals surface area contributed by atoms with Crippen LogP contribution in [0.25, 0.3) is 0 Å². The molecule has 0 radical (unpaired) electrons. The molecule has 1 saturated carbocycles. The number of rotatable bonds is 28. The van der Waals surface area contributed by atoms with E-state index in [1.54, 1.807) is 7.11 Å². The fourth-order valence-corrected chi connectivity index (χ4v) is 9.14. The summed E-state index contributed by atoms with van der Waals surface area (Å²) in [6.07, 6.45) is 17.4. The molecule has 1 N–H and O–H groups in total. The summed E-state index contributed by atoms with van der Waals surface area (Å²) in [6, 6.07) is 9.67. The lowest BCUT2D eigenvalue weighted by Gasteiger charge is -2.39. The van der Waals surface area contributed by atoms with Gasteiger partial charge in [-0.05, 0) is 92.6 Å². The molecule has 52 heavy (non-hydrogen) atoms. The molecule has 7 nitrogen and oxygen atoms in total. The van der Waals surface area contributed by atoms with Crippen LogP contribution in [0.2, 0.25) is 0 Å². The fourth-order valence-electron chi connectivity index (χ4n) is 9.14. The van der Waals surface area contributed by atoms with Gasteiger partial charge in [-0.15, -0.1) is 0 Å². The van der Waals surface area contributed by atoms with Crippen molar-refractivity contribution in [2.24, 2.45) is 41.4 Å². The Morgan fingerprint density at radius 3 is 2.19 bits per heavy atom. The molecular weight excluding hydrogens is 652 g/mol. The van der Waals surface area contributed by atoms with Crippen LogP contribution < -0.4 is 4.74 Å². The van der Waals surface area contributed by atoms with E-state index in [0.717, 1.165) is 73.9 Å². The van der Waals surface area contributed by atoms with Crippen LogP contribution in [0.5, 0.6) is 5.75 Å². The summed E-state index contributed by atoms with van der Waals surface area (Å²) in [6.45, 7) is 16.7. The fraction of sp³-hybridized carbons (Fsp3) is 0.778. The average molecular weight is 729 g/mol. The van der Waals surface area contributed by atoms with Crippen LogP contribution in [0.3, 0.4) is 0 Å². The molecule has 0 spiro atoms. The summed E-state index contributed by atoms with van der Waals surface area (Å²) in [5.41, 5.74) is 0. The summed E-state index contributed by atoms with van der Waals surface area (Å²) >= 11 is 0. The summed E-state index contributed by atoms with van der Waals surface area (Å²) in [7, 11) is 1.69. The summed E-state index contributed by atoms with van der Waals surface area (Å²) < 4.78 is 22.9. The standard InChI is InChI=1S/C45H76O7/c1-9-33(6)38(11-3)40(13-5)39(12-4)35(10-2)23-21-22-30-50-45(48)27-20-15-14-19-26-41-42(44(31-43(41)47)52-34(7)46)29-28-37(49-8)32-51-36-24-17-16-18-25-36/h14,16-19,24-25,33,35,37-44,47H,9-13,15,20-23,26-32H2,1-8H3/b19-14-/t33?,35?,37-,38?,39?,40?,41-,42-,43+,44-/m1/s1. The van der Waals surface area contributed by atoms with E-state index < -0.39 is 6.10 Å². The van der Waals surface area contributed by atoms with Crippen LogP contribution in [0.1, 0.15) is 145 Å². The maximum absolute atomic E-state index is 12.5. The lowest BCUT2D eigenvalue weighted by atomic mass is 9.66. The molecule has 0 aromatic heterocycles. The van der Waals surface area contributed by atoms with E-state index in [1.165, 1.54) is 45.4 Å². The van der Waals surface area contributed by atoms with Crippen LogP contribution in [0.4, 0.5) is 0 Å². The number of methoxy groups -OCH3 is 1. The topological polar surface area (TPSA) is 91.3 Å². The number of carbonyl (C=O) groups excluding carboxylic acids is 2. The zero-order chi connectivity index (χ0) is 38.3. The molecule has 0 heterocycles. The highest BCUT2D eigenvalue weighted by Crippen LogP contribution is 2.42. The molecule has 1 aliphatic rings. The van der Waals surface area contributed by atoms with Gasteiger partial charge < -0.3 is 24.1 Å². The van der Waals surface area contributed by atoms with Crippen molar-refractivity contribution in [3.63, 3.8) is 0 Å². The molecule has 1 aromatic carbocycles. The number of esters is 2. The van der Waals surface area contributed by atoms with E-state index >= 15 is 0 Å². The van der Waals surface area contributed by atoms with Crippen molar-refractivity contribution in [3.05, 3.63) is 42.5 Å². The normalized spacial score (nSPS) is 22.4. The Hall–Kier alpha value is -2.38. The molecular formula is C45H76O7. The van der Waals surface area contributed by atoms with E-state index in [0.29, 0.717) is 32.5 Å². The van der Waals surface area contributed by atoms with Crippen molar-refractivity contribution in [2.45, 2.75) is 163 Å². The van der Waals surface area contributed by atoms with E-state index in [2.05, 4.69) is 53.7 Å². The first kappa shape index (κ1) is 45.8. The molecule has 10 atom stereocenters. The smallest absolute Gasteiger partial charge is 0.305 e. The van der Waals surface area contributed by atoms with E-state index in [-0.39, 0.29) is 36.0 Å². The lowest BCUT2D eigenvalue weighted by Crippen LogP contribution is -2.31. The van der Waals surface area contributed by atoms with Gasteiger partial charge in [0.1, 0.15) is 18.5 Å². The van der Waals surface area contributed by atoms with Gasteiger partial charge in [-0.2, -0.15) is 0 Å². The third kappa shape index (κ3) is 15.9. The van der Waals surface area contributed by atoms with Crippen molar-refractivity contribution in [2.75, 3.05) is 20.3 Å². The van der Waals surface area contributed by atoms with Gasteiger partial charge in [0.25, 0.3) is 0 Å². The quantitative estimate of drug-likeness (QED) is 0.0522. The monoisotopic (exact) mass is 729 g/mol. The molecule has 7 heteroatoms. The van der Waals surface area contributed by atoms with Crippen LogP contribution in [-0.4, -0.2) is 55.7 Å². The van der Waals surface area contributed by atoms with Crippen molar-refractivity contribution in [1.29, 1.82) is 0 Å². The first-order valence-corrected chi connectivity index (χ1v) is 21.0. The number of para-hydroxylation sites is 1. The number of carbonyl (C=O) groups is 2. The minimum Gasteiger partial charge on any atom is -0.491 e. The first-order chi connectivity index (χ1) is 25.1. The maximum atomic E-state index is 12.5. The number of hydrogen-bond donors (Lipinski definition) is 1. The highest BCUT2D eigenvalue weighted by atomic mass is 16.5. The van der Waals surface area contributed by atoms with Gasteiger partial charge in [0.15, 0.2) is 0 Å². The lowest BCUT2D eigenvalue weighted by molar-refractivity contribution is -0.148. The Bertz CT molecular complexity index is 1110. The summed E-state index contributed by atoms with van der Waals surface area (Å²) in [4.78, 5) is 24.3. The summed E-state index contributed by atoms with van der Waals surface area (Å²) in [5, 5.41) is 11.0. The van der Waals surface area contributed by atoms with Gasteiger partial charge >= 0.3 is 11.9 Å². The number of allylic oxidation sites excluding steroid dienone is 2. The zero-order valence-electron chi connectivity index (χ0n) is 34.2. The third-order valence-corrected chi connectivity index (χ3v) is 12.2. The predicted molar refractivity (Wildman–Crippen MR) is 212 cm³/mol. The van der Waals surface area contributed by atoms with Crippen LogP contribution >= 0.6 is 0 Å². The Labute approximate surface area is 318 Å². The summed E-state index contributed by atoms with van der Waals surface area (Å²) in [5.74, 6) is 4.27. The van der Waals surface area contributed by atoms with E-state index in [9.17, 15) is 14.7 Å². The average Bonchev–Trinajstić information content (AvgIpc) is 3.43. The highest BCUT2D eigenvalue weighted by molar-refractivity contribution is 5.69. The second-order valence-electron chi connectivity index (χ2n) is 15.4. The maximum Gasteiger partial charge on any atom is 0.305 e. The van der Waals surface area contributed by atoms with Gasteiger partial charge in [-0.3, -0.25) is 9.59 Å². The van der Waals surface area contributed by atoms with Gasteiger partial charge in [0.05, 0.1) is 18.8 Å². The highest BCUT2D eigenvalue weighted by Gasteiger charge is 2.43. The van der Waals surface area contributed by atoms with E-state index in [4.69, 9.17) is 18.9 Å². The Morgan fingerprint density at radius 1 is 0.865 bits per heavy atom. The molecule has 1 fully saturated rings. The molecule has 0 bridgehead atoms. The second kappa shape index (κ2) is 26.4. The van der Waals surface area contributed by atoms with Gasteiger partial charge in [-0.1, -0.05) is 110 Å². The van der Waals surface area contributed by atoms with Crippen molar-refractivity contribution >= 4 is 11.9 Å². The number of benzene rings is 1. The molecule has 0 amide bonds.